The van der Waals surface area contributed by atoms with E-state index in [1.807, 2.05) is 0 Å². The Labute approximate surface area is 169 Å². The van der Waals surface area contributed by atoms with Crippen molar-refractivity contribution in [3.63, 3.8) is 0 Å². The zero-order valence-electron chi connectivity index (χ0n) is 18.9. The third kappa shape index (κ3) is 7.40. The summed E-state index contributed by atoms with van der Waals surface area (Å²) in [4.78, 5) is 13.3. The van der Waals surface area contributed by atoms with Crippen molar-refractivity contribution >= 4 is 5.97 Å². The van der Waals surface area contributed by atoms with Crippen molar-refractivity contribution < 1.29 is 14.3 Å². The van der Waals surface area contributed by atoms with Gasteiger partial charge in [-0.25, -0.2) is 4.79 Å². The van der Waals surface area contributed by atoms with Gasteiger partial charge >= 0.3 is 5.97 Å². The molecule has 3 nitrogen and oxygen atoms in total. The van der Waals surface area contributed by atoms with E-state index >= 15 is 0 Å². The Balaban J connectivity index is 3.04. The standard InChI is InChI=1S/C24H46O3/c1-6-14-22(18-21-15-12-11-13-16-21)24(10-5,23(25)26-17-7-2)27-19-20(8-3)9-4/h20-22H,6-19H2,1-5H3. The van der Waals surface area contributed by atoms with E-state index in [-0.39, 0.29) is 11.9 Å². The highest BCUT2D eigenvalue weighted by atomic mass is 16.6. The van der Waals surface area contributed by atoms with Crippen LogP contribution in [0.5, 0.6) is 0 Å². The summed E-state index contributed by atoms with van der Waals surface area (Å²) in [5, 5.41) is 0. The summed E-state index contributed by atoms with van der Waals surface area (Å²) in [6, 6.07) is 0. The van der Waals surface area contributed by atoms with Gasteiger partial charge in [-0.2, -0.15) is 0 Å². The van der Waals surface area contributed by atoms with E-state index in [0.29, 0.717) is 25.6 Å². The smallest absolute Gasteiger partial charge is 0.338 e. The van der Waals surface area contributed by atoms with E-state index in [9.17, 15) is 4.79 Å². The number of esters is 1. The minimum atomic E-state index is -0.759. The molecule has 1 saturated carbocycles. The molecule has 2 atom stereocenters. The third-order valence-electron chi connectivity index (χ3n) is 6.68. The van der Waals surface area contributed by atoms with Gasteiger partial charge in [-0.3, -0.25) is 0 Å². The van der Waals surface area contributed by atoms with E-state index in [0.717, 1.165) is 44.4 Å². The Bertz CT molecular complexity index is 385. The van der Waals surface area contributed by atoms with E-state index in [2.05, 4.69) is 34.6 Å². The fourth-order valence-corrected chi connectivity index (χ4v) is 4.70. The second-order valence-corrected chi connectivity index (χ2v) is 8.60. The van der Waals surface area contributed by atoms with Crippen LogP contribution in [-0.4, -0.2) is 24.8 Å². The second-order valence-electron chi connectivity index (χ2n) is 8.60. The molecule has 1 rings (SSSR count). The molecule has 0 aliphatic heterocycles. The highest BCUT2D eigenvalue weighted by molar-refractivity contribution is 5.80. The van der Waals surface area contributed by atoms with Gasteiger partial charge in [0.2, 0.25) is 0 Å². The molecule has 1 fully saturated rings. The molecule has 0 aromatic carbocycles. The Kier molecular flexibility index (Phi) is 12.3. The van der Waals surface area contributed by atoms with Gasteiger partial charge in [0, 0.05) is 0 Å². The average molecular weight is 383 g/mol. The first kappa shape index (κ1) is 24.5. The van der Waals surface area contributed by atoms with Crippen LogP contribution in [0.4, 0.5) is 0 Å². The van der Waals surface area contributed by atoms with Crippen LogP contribution in [0.1, 0.15) is 112 Å². The molecule has 1 aliphatic carbocycles. The molecule has 27 heavy (non-hydrogen) atoms. The summed E-state index contributed by atoms with van der Waals surface area (Å²) in [5.74, 6) is 1.44. The molecule has 3 heteroatoms. The first-order valence-electron chi connectivity index (χ1n) is 11.9. The molecule has 0 radical (unpaired) electrons. The van der Waals surface area contributed by atoms with Gasteiger partial charge in [-0.05, 0) is 43.4 Å². The third-order valence-corrected chi connectivity index (χ3v) is 6.68. The fourth-order valence-electron chi connectivity index (χ4n) is 4.70. The summed E-state index contributed by atoms with van der Waals surface area (Å²) in [5.41, 5.74) is -0.759. The Morgan fingerprint density at radius 3 is 2.19 bits per heavy atom. The minimum absolute atomic E-state index is 0.105. The first-order valence-corrected chi connectivity index (χ1v) is 11.9. The van der Waals surface area contributed by atoms with Crippen molar-refractivity contribution in [1.29, 1.82) is 0 Å². The van der Waals surface area contributed by atoms with E-state index in [4.69, 9.17) is 9.47 Å². The van der Waals surface area contributed by atoms with Crippen LogP contribution in [0.3, 0.4) is 0 Å². The zero-order chi connectivity index (χ0) is 20.1. The number of carbonyl (C=O) groups excluding carboxylic acids is 1. The molecular formula is C24H46O3. The van der Waals surface area contributed by atoms with Gasteiger partial charge in [-0.15, -0.1) is 0 Å². The highest BCUT2D eigenvalue weighted by Gasteiger charge is 2.47. The van der Waals surface area contributed by atoms with Crippen molar-refractivity contribution in [2.24, 2.45) is 17.8 Å². The SMILES string of the molecule is CCCOC(=O)C(CC)(OCC(CC)CC)C(CCC)CC1CCCCC1. The van der Waals surface area contributed by atoms with E-state index in [1.54, 1.807) is 0 Å². The molecular weight excluding hydrogens is 336 g/mol. The van der Waals surface area contributed by atoms with Crippen LogP contribution < -0.4 is 0 Å². The van der Waals surface area contributed by atoms with E-state index in [1.165, 1.54) is 32.1 Å². The molecule has 0 aromatic heterocycles. The van der Waals surface area contributed by atoms with E-state index < -0.39 is 5.60 Å². The van der Waals surface area contributed by atoms with Gasteiger partial charge in [0.1, 0.15) is 0 Å². The summed E-state index contributed by atoms with van der Waals surface area (Å²) >= 11 is 0. The van der Waals surface area contributed by atoms with Gasteiger partial charge < -0.3 is 9.47 Å². The Hall–Kier alpha value is -0.570. The van der Waals surface area contributed by atoms with Gasteiger partial charge in [0.25, 0.3) is 0 Å². The number of hydrogen-bond acceptors (Lipinski definition) is 3. The number of hydrogen-bond donors (Lipinski definition) is 0. The number of ether oxygens (including phenoxy) is 2. The van der Waals surface area contributed by atoms with Crippen molar-refractivity contribution in [1.82, 2.24) is 0 Å². The molecule has 160 valence electrons. The zero-order valence-corrected chi connectivity index (χ0v) is 18.9. The summed E-state index contributed by atoms with van der Waals surface area (Å²) in [6.45, 7) is 12.0. The summed E-state index contributed by atoms with van der Waals surface area (Å²) in [7, 11) is 0. The quantitative estimate of drug-likeness (QED) is 0.306. The number of rotatable bonds is 14. The molecule has 0 aromatic rings. The van der Waals surface area contributed by atoms with Crippen molar-refractivity contribution in [2.45, 2.75) is 117 Å². The topological polar surface area (TPSA) is 35.5 Å². The van der Waals surface area contributed by atoms with Crippen molar-refractivity contribution in [3.05, 3.63) is 0 Å². The lowest BCUT2D eigenvalue weighted by molar-refractivity contribution is -0.187. The number of carbonyl (C=O) groups is 1. The second kappa shape index (κ2) is 13.6. The average Bonchev–Trinajstić information content (AvgIpc) is 2.70. The van der Waals surface area contributed by atoms with Crippen LogP contribution in [0.25, 0.3) is 0 Å². The molecule has 2 unspecified atom stereocenters. The van der Waals surface area contributed by atoms with Crippen LogP contribution in [-0.2, 0) is 14.3 Å². The summed E-state index contributed by atoms with van der Waals surface area (Å²) < 4.78 is 12.3. The van der Waals surface area contributed by atoms with Gasteiger partial charge in [-0.1, -0.05) is 86.0 Å². The van der Waals surface area contributed by atoms with Gasteiger partial charge in [0.05, 0.1) is 13.2 Å². The molecule has 0 bridgehead atoms. The minimum Gasteiger partial charge on any atom is -0.464 e. The Morgan fingerprint density at radius 1 is 1.00 bits per heavy atom. The monoisotopic (exact) mass is 382 g/mol. The lowest BCUT2D eigenvalue weighted by atomic mass is 9.73. The maximum absolute atomic E-state index is 13.3. The maximum atomic E-state index is 13.3. The normalized spacial score (nSPS) is 19.0. The molecule has 0 spiro atoms. The molecule has 0 saturated heterocycles. The molecule has 1 aliphatic rings. The first-order chi connectivity index (χ1) is 13.1. The van der Waals surface area contributed by atoms with Crippen LogP contribution in [0, 0.1) is 17.8 Å². The lowest BCUT2D eigenvalue weighted by Gasteiger charge is -2.41. The predicted molar refractivity (Wildman–Crippen MR) is 114 cm³/mol. The molecule has 0 N–H and O–H groups in total. The van der Waals surface area contributed by atoms with Crippen LogP contribution in [0.15, 0.2) is 0 Å². The summed E-state index contributed by atoms with van der Waals surface area (Å²) in [6.07, 6.45) is 13.7. The fraction of sp³-hybridized carbons (Fsp3) is 0.958. The van der Waals surface area contributed by atoms with Crippen LogP contribution >= 0.6 is 0 Å². The van der Waals surface area contributed by atoms with Crippen molar-refractivity contribution in [3.8, 4) is 0 Å². The Morgan fingerprint density at radius 2 is 1.67 bits per heavy atom. The predicted octanol–water partition coefficient (Wildman–Crippen LogP) is 6.93. The van der Waals surface area contributed by atoms with Crippen molar-refractivity contribution in [2.75, 3.05) is 13.2 Å². The highest BCUT2D eigenvalue weighted by Crippen LogP contribution is 2.40. The van der Waals surface area contributed by atoms with Gasteiger partial charge in [0.15, 0.2) is 5.60 Å². The maximum Gasteiger partial charge on any atom is 0.338 e. The van der Waals surface area contributed by atoms with Crippen LogP contribution in [0.2, 0.25) is 0 Å². The molecule has 0 heterocycles. The lowest BCUT2D eigenvalue weighted by Crippen LogP contribution is -2.50. The largest absolute Gasteiger partial charge is 0.464 e. The molecule has 0 amide bonds.